The molecule has 0 saturated carbocycles. The van der Waals surface area contributed by atoms with E-state index in [9.17, 15) is 0 Å². The third kappa shape index (κ3) is 9.48. The molecular formula is C12H22. The van der Waals surface area contributed by atoms with Crippen LogP contribution in [0.15, 0.2) is 24.3 Å². The number of rotatable bonds is 7. The van der Waals surface area contributed by atoms with Crippen LogP contribution in [0.4, 0.5) is 0 Å². The molecule has 0 unspecified atom stereocenters. The first-order valence-electron chi connectivity index (χ1n) is 5.21. The number of hydrogen-bond donors (Lipinski definition) is 0. The number of hydrogen-bond acceptors (Lipinski definition) is 0. The van der Waals surface area contributed by atoms with Crippen LogP contribution in [0.2, 0.25) is 0 Å². The van der Waals surface area contributed by atoms with Gasteiger partial charge in [-0.15, -0.1) is 0 Å². The summed E-state index contributed by atoms with van der Waals surface area (Å²) in [6, 6.07) is 0. The highest BCUT2D eigenvalue weighted by molar-refractivity contribution is 4.84. The van der Waals surface area contributed by atoms with Crippen LogP contribution in [-0.4, -0.2) is 0 Å². The zero-order chi connectivity index (χ0) is 9.07. The van der Waals surface area contributed by atoms with Gasteiger partial charge in [-0.3, -0.25) is 0 Å². The summed E-state index contributed by atoms with van der Waals surface area (Å²) in [5, 5.41) is 0. The standard InChI is InChI=1S/C12H22/c1-3-5-7-9-11-12-10-8-6-4-2/h5,7-8,10H,3-4,6,9,11-12H2,1-2H3. The summed E-state index contributed by atoms with van der Waals surface area (Å²) in [6.07, 6.45) is 16.6. The molecule has 0 aliphatic heterocycles. The summed E-state index contributed by atoms with van der Waals surface area (Å²) >= 11 is 0. The lowest BCUT2D eigenvalue weighted by molar-refractivity contribution is 0.856. The van der Waals surface area contributed by atoms with E-state index in [0.717, 1.165) is 0 Å². The van der Waals surface area contributed by atoms with Gasteiger partial charge in [0.1, 0.15) is 0 Å². The van der Waals surface area contributed by atoms with Gasteiger partial charge in [-0.25, -0.2) is 0 Å². The SMILES string of the molecule is CCC=CCCCC=CCCC. The summed E-state index contributed by atoms with van der Waals surface area (Å²) in [6.45, 7) is 4.39. The highest BCUT2D eigenvalue weighted by atomic mass is 13.9. The fraction of sp³-hybridized carbons (Fsp3) is 0.667. The average molecular weight is 166 g/mol. The van der Waals surface area contributed by atoms with Gasteiger partial charge >= 0.3 is 0 Å². The molecule has 12 heavy (non-hydrogen) atoms. The predicted molar refractivity (Wildman–Crippen MR) is 57.3 cm³/mol. The summed E-state index contributed by atoms with van der Waals surface area (Å²) in [4.78, 5) is 0. The smallest absolute Gasteiger partial charge is 0.0348 e. The first-order chi connectivity index (χ1) is 5.91. The van der Waals surface area contributed by atoms with Crippen molar-refractivity contribution in [3.63, 3.8) is 0 Å². The van der Waals surface area contributed by atoms with Gasteiger partial charge in [0.2, 0.25) is 0 Å². The molecule has 0 nitrogen and oxygen atoms in total. The normalized spacial score (nSPS) is 11.8. The van der Waals surface area contributed by atoms with E-state index in [2.05, 4.69) is 38.2 Å². The molecule has 0 atom stereocenters. The second-order valence-electron chi connectivity index (χ2n) is 3.07. The number of unbranched alkanes of at least 4 members (excludes halogenated alkanes) is 3. The predicted octanol–water partition coefficient (Wildman–Crippen LogP) is 4.48. The van der Waals surface area contributed by atoms with E-state index >= 15 is 0 Å². The quantitative estimate of drug-likeness (QED) is 0.386. The van der Waals surface area contributed by atoms with Gasteiger partial charge in [-0.1, -0.05) is 44.6 Å². The molecule has 0 aromatic carbocycles. The lowest BCUT2D eigenvalue weighted by Gasteiger charge is -1.89. The average Bonchev–Trinajstić information content (AvgIpc) is 2.10. The van der Waals surface area contributed by atoms with E-state index in [1.165, 1.54) is 38.5 Å². The van der Waals surface area contributed by atoms with Crippen molar-refractivity contribution in [2.24, 2.45) is 0 Å². The maximum Gasteiger partial charge on any atom is -0.0348 e. The Kier molecular flexibility index (Phi) is 10.0. The minimum atomic E-state index is 1.17. The van der Waals surface area contributed by atoms with Gasteiger partial charge in [0.25, 0.3) is 0 Å². The van der Waals surface area contributed by atoms with E-state index in [-0.39, 0.29) is 0 Å². The van der Waals surface area contributed by atoms with Crippen LogP contribution in [0.3, 0.4) is 0 Å². The Hall–Kier alpha value is -0.520. The second kappa shape index (κ2) is 10.5. The van der Waals surface area contributed by atoms with Crippen molar-refractivity contribution in [2.45, 2.75) is 52.4 Å². The third-order valence-electron chi connectivity index (χ3n) is 1.77. The summed E-state index contributed by atoms with van der Waals surface area (Å²) in [5.74, 6) is 0. The largest absolute Gasteiger partial charge is 0.0888 e. The van der Waals surface area contributed by atoms with Crippen LogP contribution in [0.1, 0.15) is 52.4 Å². The van der Waals surface area contributed by atoms with E-state index in [0.29, 0.717) is 0 Å². The Balaban J connectivity index is 3.04. The molecule has 0 saturated heterocycles. The molecule has 0 aliphatic rings. The molecule has 0 N–H and O–H groups in total. The minimum absolute atomic E-state index is 1.17. The highest BCUT2D eigenvalue weighted by Crippen LogP contribution is 1.99. The van der Waals surface area contributed by atoms with Crippen LogP contribution < -0.4 is 0 Å². The molecule has 0 aromatic heterocycles. The van der Waals surface area contributed by atoms with Crippen molar-refractivity contribution in [3.05, 3.63) is 24.3 Å². The summed E-state index contributed by atoms with van der Waals surface area (Å²) in [5.41, 5.74) is 0. The Morgan fingerprint density at radius 1 is 0.750 bits per heavy atom. The molecule has 0 rings (SSSR count). The van der Waals surface area contributed by atoms with Gasteiger partial charge in [-0.05, 0) is 32.1 Å². The monoisotopic (exact) mass is 166 g/mol. The van der Waals surface area contributed by atoms with Gasteiger partial charge in [0, 0.05) is 0 Å². The topological polar surface area (TPSA) is 0 Å². The fourth-order valence-electron chi connectivity index (χ4n) is 1.04. The van der Waals surface area contributed by atoms with Crippen LogP contribution in [-0.2, 0) is 0 Å². The third-order valence-corrected chi connectivity index (χ3v) is 1.77. The molecule has 0 heterocycles. The van der Waals surface area contributed by atoms with E-state index in [1.807, 2.05) is 0 Å². The first-order valence-corrected chi connectivity index (χ1v) is 5.21. The molecular weight excluding hydrogens is 144 g/mol. The van der Waals surface area contributed by atoms with Crippen LogP contribution in [0, 0.1) is 0 Å². The molecule has 0 spiro atoms. The van der Waals surface area contributed by atoms with Crippen molar-refractivity contribution in [1.82, 2.24) is 0 Å². The van der Waals surface area contributed by atoms with E-state index in [4.69, 9.17) is 0 Å². The maximum absolute atomic E-state index is 2.31. The van der Waals surface area contributed by atoms with E-state index < -0.39 is 0 Å². The highest BCUT2D eigenvalue weighted by Gasteiger charge is 1.79. The van der Waals surface area contributed by atoms with Crippen molar-refractivity contribution < 1.29 is 0 Å². The molecule has 0 aliphatic carbocycles. The van der Waals surface area contributed by atoms with Gasteiger partial charge < -0.3 is 0 Å². The molecule has 0 aromatic rings. The van der Waals surface area contributed by atoms with Crippen LogP contribution in [0.5, 0.6) is 0 Å². The molecule has 0 radical (unpaired) electrons. The molecule has 70 valence electrons. The van der Waals surface area contributed by atoms with Crippen molar-refractivity contribution in [3.8, 4) is 0 Å². The van der Waals surface area contributed by atoms with Gasteiger partial charge in [0.05, 0.1) is 0 Å². The van der Waals surface area contributed by atoms with Gasteiger partial charge in [-0.2, -0.15) is 0 Å². The Morgan fingerprint density at radius 3 is 1.92 bits per heavy atom. The Bertz CT molecular complexity index is 120. The van der Waals surface area contributed by atoms with Gasteiger partial charge in [0.15, 0.2) is 0 Å². The molecule has 0 heteroatoms. The summed E-state index contributed by atoms with van der Waals surface area (Å²) in [7, 11) is 0. The van der Waals surface area contributed by atoms with Crippen molar-refractivity contribution in [2.75, 3.05) is 0 Å². The Morgan fingerprint density at radius 2 is 1.33 bits per heavy atom. The number of allylic oxidation sites excluding steroid dienone is 4. The molecule has 0 fully saturated rings. The Labute approximate surface area is 77.4 Å². The maximum atomic E-state index is 2.31. The minimum Gasteiger partial charge on any atom is -0.0888 e. The molecule has 0 amide bonds. The van der Waals surface area contributed by atoms with Crippen LogP contribution in [0.25, 0.3) is 0 Å². The zero-order valence-corrected chi connectivity index (χ0v) is 8.55. The summed E-state index contributed by atoms with van der Waals surface area (Å²) < 4.78 is 0. The van der Waals surface area contributed by atoms with E-state index in [1.54, 1.807) is 0 Å². The first kappa shape index (κ1) is 11.5. The lowest BCUT2D eigenvalue weighted by atomic mass is 10.2. The molecule has 0 bridgehead atoms. The lowest BCUT2D eigenvalue weighted by Crippen LogP contribution is -1.69. The van der Waals surface area contributed by atoms with Crippen molar-refractivity contribution >= 4 is 0 Å². The zero-order valence-electron chi connectivity index (χ0n) is 8.55. The van der Waals surface area contributed by atoms with Crippen molar-refractivity contribution in [1.29, 1.82) is 0 Å². The fourth-order valence-corrected chi connectivity index (χ4v) is 1.04. The van der Waals surface area contributed by atoms with Crippen LogP contribution >= 0.6 is 0 Å². The second-order valence-corrected chi connectivity index (χ2v) is 3.07.